The molecule has 0 amide bonds. The lowest BCUT2D eigenvalue weighted by Crippen LogP contribution is -2.11. The van der Waals surface area contributed by atoms with E-state index in [1.54, 1.807) is 6.33 Å². The predicted molar refractivity (Wildman–Crippen MR) is 167 cm³/mol. The lowest BCUT2D eigenvalue weighted by atomic mass is 9.86. The predicted octanol–water partition coefficient (Wildman–Crippen LogP) is 9.61. The third-order valence-electron chi connectivity index (χ3n) is 7.54. The molecule has 6 rings (SSSR count). The summed E-state index contributed by atoms with van der Waals surface area (Å²) in [5.74, 6) is 0. The van der Waals surface area contributed by atoms with Crippen molar-refractivity contribution in [3.05, 3.63) is 126 Å². The van der Waals surface area contributed by atoms with Gasteiger partial charge in [-0.15, -0.1) is 0 Å². The number of aryl methyl sites for hydroxylation is 2. The highest BCUT2D eigenvalue weighted by Crippen LogP contribution is 2.37. The van der Waals surface area contributed by atoms with Gasteiger partial charge in [-0.25, -0.2) is 9.97 Å². The molecule has 0 fully saturated rings. The molecule has 0 aliphatic heterocycles. The van der Waals surface area contributed by atoms with E-state index < -0.39 is 0 Å². The van der Waals surface area contributed by atoms with Gasteiger partial charge in [-0.3, -0.25) is 4.98 Å². The minimum absolute atomic E-state index is 0.0629. The van der Waals surface area contributed by atoms with E-state index in [0.29, 0.717) is 0 Å². The van der Waals surface area contributed by atoms with Gasteiger partial charge in [0.25, 0.3) is 0 Å². The summed E-state index contributed by atoms with van der Waals surface area (Å²) in [6.45, 7) is 11.0. The van der Waals surface area contributed by atoms with Crippen LogP contribution >= 0.6 is 0 Å². The van der Waals surface area contributed by atoms with Gasteiger partial charge in [0.15, 0.2) is 0 Å². The molecule has 0 radical (unpaired) electrons. The summed E-state index contributed by atoms with van der Waals surface area (Å²) in [5.41, 5.74) is 13.8. The molecule has 0 saturated heterocycles. The molecule has 0 aliphatic rings. The molecule has 4 aromatic carbocycles. The summed E-state index contributed by atoms with van der Waals surface area (Å²) in [4.78, 5) is 13.9. The van der Waals surface area contributed by atoms with Crippen LogP contribution in [0.1, 0.15) is 37.5 Å². The van der Waals surface area contributed by atoms with E-state index >= 15 is 0 Å². The molecule has 0 atom stereocenters. The van der Waals surface area contributed by atoms with Gasteiger partial charge < -0.3 is 0 Å². The highest BCUT2D eigenvalue weighted by molar-refractivity contribution is 6.03. The second-order valence-corrected chi connectivity index (χ2v) is 11.7. The molecule has 2 aromatic heterocycles. The molecule has 3 heteroatoms. The molecule has 0 unspecified atom stereocenters. The van der Waals surface area contributed by atoms with E-state index in [9.17, 15) is 0 Å². The van der Waals surface area contributed by atoms with E-state index in [1.165, 1.54) is 33.4 Å². The maximum absolute atomic E-state index is 4.78. The van der Waals surface area contributed by atoms with Gasteiger partial charge in [0, 0.05) is 28.9 Å². The van der Waals surface area contributed by atoms with Crippen molar-refractivity contribution < 1.29 is 0 Å². The Bertz CT molecular complexity index is 1840. The van der Waals surface area contributed by atoms with Crippen molar-refractivity contribution in [1.29, 1.82) is 0 Å². The zero-order chi connectivity index (χ0) is 27.9. The standard InChI is InChI=1S/C37H33N3/c1-24-9-11-26(12-10-24)29-17-25(2)18-30(20-29)32-13-14-33(36-34(32)22-38-23-40-36)27-7-6-8-28(19-27)35-21-31(15-16-39-35)37(3,4)5/h6-23H,1-5H3. The Morgan fingerprint density at radius 3 is 2.10 bits per heavy atom. The third-order valence-corrected chi connectivity index (χ3v) is 7.54. The lowest BCUT2D eigenvalue weighted by Gasteiger charge is -2.19. The Morgan fingerprint density at radius 1 is 0.575 bits per heavy atom. The van der Waals surface area contributed by atoms with Crippen molar-refractivity contribution >= 4 is 10.9 Å². The third kappa shape index (κ3) is 5.03. The van der Waals surface area contributed by atoms with Gasteiger partial charge in [-0.1, -0.05) is 93.1 Å². The Balaban J connectivity index is 1.45. The number of benzene rings is 4. The van der Waals surface area contributed by atoms with Gasteiger partial charge >= 0.3 is 0 Å². The summed E-state index contributed by atoms with van der Waals surface area (Å²) in [7, 11) is 0. The number of pyridine rings is 1. The number of nitrogens with zero attached hydrogens (tertiary/aromatic N) is 3. The van der Waals surface area contributed by atoms with Gasteiger partial charge in [0.1, 0.15) is 6.33 Å². The molecule has 196 valence electrons. The van der Waals surface area contributed by atoms with Gasteiger partial charge in [-0.05, 0) is 82.5 Å². The summed E-state index contributed by atoms with van der Waals surface area (Å²) in [5, 5.41) is 1.04. The van der Waals surface area contributed by atoms with Crippen LogP contribution in [0.4, 0.5) is 0 Å². The Morgan fingerprint density at radius 2 is 1.30 bits per heavy atom. The average Bonchev–Trinajstić information content (AvgIpc) is 2.96. The molecular weight excluding hydrogens is 486 g/mol. The van der Waals surface area contributed by atoms with Crippen molar-refractivity contribution in [2.75, 3.05) is 0 Å². The normalized spacial score (nSPS) is 11.6. The van der Waals surface area contributed by atoms with Crippen LogP contribution in [0, 0.1) is 13.8 Å². The van der Waals surface area contributed by atoms with Crippen molar-refractivity contribution in [2.45, 2.75) is 40.0 Å². The fraction of sp³-hybridized carbons (Fsp3) is 0.162. The van der Waals surface area contributed by atoms with E-state index in [2.05, 4.69) is 131 Å². The quantitative estimate of drug-likeness (QED) is 0.233. The smallest absolute Gasteiger partial charge is 0.116 e. The maximum atomic E-state index is 4.78. The topological polar surface area (TPSA) is 38.7 Å². The first-order chi connectivity index (χ1) is 19.3. The van der Waals surface area contributed by atoms with Crippen LogP contribution in [0.15, 0.2) is 110 Å². The monoisotopic (exact) mass is 519 g/mol. The number of hydrogen-bond acceptors (Lipinski definition) is 3. The molecular formula is C37H33N3. The van der Waals surface area contributed by atoms with Crippen LogP contribution in [-0.4, -0.2) is 15.0 Å². The van der Waals surface area contributed by atoms with Crippen molar-refractivity contribution in [3.8, 4) is 44.6 Å². The fourth-order valence-corrected chi connectivity index (χ4v) is 5.31. The molecule has 0 saturated carbocycles. The number of hydrogen-bond donors (Lipinski definition) is 0. The number of aromatic nitrogens is 3. The van der Waals surface area contributed by atoms with Crippen molar-refractivity contribution in [1.82, 2.24) is 15.0 Å². The second kappa shape index (κ2) is 10.2. The van der Waals surface area contributed by atoms with Crippen molar-refractivity contribution in [3.63, 3.8) is 0 Å². The molecule has 2 heterocycles. The highest BCUT2D eigenvalue weighted by atomic mass is 14.8. The maximum Gasteiger partial charge on any atom is 0.116 e. The lowest BCUT2D eigenvalue weighted by molar-refractivity contribution is 0.589. The van der Waals surface area contributed by atoms with E-state index in [1.807, 2.05) is 12.4 Å². The first kappa shape index (κ1) is 25.6. The Hall–Kier alpha value is -4.63. The minimum atomic E-state index is 0.0629. The Kier molecular flexibility index (Phi) is 6.51. The van der Waals surface area contributed by atoms with Gasteiger partial charge in [0.2, 0.25) is 0 Å². The van der Waals surface area contributed by atoms with E-state index in [-0.39, 0.29) is 5.41 Å². The highest BCUT2D eigenvalue weighted by Gasteiger charge is 2.16. The molecule has 0 bridgehead atoms. The van der Waals surface area contributed by atoms with Crippen LogP contribution < -0.4 is 0 Å². The first-order valence-electron chi connectivity index (χ1n) is 13.8. The van der Waals surface area contributed by atoms with Gasteiger partial charge in [-0.2, -0.15) is 0 Å². The minimum Gasteiger partial charge on any atom is -0.256 e. The zero-order valence-electron chi connectivity index (χ0n) is 23.7. The largest absolute Gasteiger partial charge is 0.256 e. The molecule has 0 spiro atoms. The summed E-state index contributed by atoms with van der Waals surface area (Å²) < 4.78 is 0. The summed E-state index contributed by atoms with van der Waals surface area (Å²) in [6.07, 6.45) is 5.49. The fourth-order valence-electron chi connectivity index (χ4n) is 5.31. The zero-order valence-corrected chi connectivity index (χ0v) is 23.7. The Labute approximate surface area is 236 Å². The number of fused-ring (bicyclic) bond motifs is 1. The second-order valence-electron chi connectivity index (χ2n) is 11.7. The summed E-state index contributed by atoms with van der Waals surface area (Å²) >= 11 is 0. The average molecular weight is 520 g/mol. The van der Waals surface area contributed by atoms with Crippen LogP contribution in [0.25, 0.3) is 55.5 Å². The molecule has 40 heavy (non-hydrogen) atoms. The SMILES string of the molecule is Cc1ccc(-c2cc(C)cc(-c3ccc(-c4cccc(-c5cc(C(C)(C)C)ccn5)c4)c4ncncc34)c2)cc1. The van der Waals surface area contributed by atoms with Crippen molar-refractivity contribution in [2.24, 2.45) is 0 Å². The number of rotatable bonds is 4. The molecule has 0 N–H and O–H groups in total. The first-order valence-corrected chi connectivity index (χ1v) is 13.8. The molecule has 0 aliphatic carbocycles. The van der Waals surface area contributed by atoms with Crippen LogP contribution in [0.5, 0.6) is 0 Å². The van der Waals surface area contributed by atoms with Crippen LogP contribution in [0.2, 0.25) is 0 Å². The van der Waals surface area contributed by atoms with Gasteiger partial charge in [0.05, 0.1) is 11.2 Å². The van der Waals surface area contributed by atoms with E-state index in [0.717, 1.165) is 38.9 Å². The van der Waals surface area contributed by atoms with Crippen LogP contribution in [0.3, 0.4) is 0 Å². The molecule has 6 aromatic rings. The van der Waals surface area contributed by atoms with E-state index in [4.69, 9.17) is 9.97 Å². The summed E-state index contributed by atoms with van der Waals surface area (Å²) in [6, 6.07) is 32.8. The molecule has 3 nitrogen and oxygen atoms in total. The van der Waals surface area contributed by atoms with Crippen LogP contribution in [-0.2, 0) is 5.41 Å².